The second kappa shape index (κ2) is 6.13. The van der Waals surface area contributed by atoms with E-state index in [4.69, 9.17) is 0 Å². The first-order valence-electron chi connectivity index (χ1n) is 6.25. The second-order valence-electron chi connectivity index (χ2n) is 4.31. The predicted molar refractivity (Wildman–Crippen MR) is 72.9 cm³/mol. The summed E-state index contributed by atoms with van der Waals surface area (Å²) in [6.45, 7) is 2.04. The van der Waals surface area contributed by atoms with Crippen LogP contribution in [0.15, 0.2) is 36.1 Å². The molecule has 0 radical (unpaired) electrons. The quantitative estimate of drug-likeness (QED) is 0.841. The molecule has 0 spiro atoms. The summed E-state index contributed by atoms with van der Waals surface area (Å²) in [5.41, 5.74) is 1.46. The summed E-state index contributed by atoms with van der Waals surface area (Å²) in [6, 6.07) is 1.63. The second-order valence-corrected chi connectivity index (χ2v) is 4.31. The Bertz CT molecular complexity index is 523. The molecule has 0 aromatic carbocycles. The number of hydrogen-bond donors (Lipinski definition) is 1. The molecule has 0 unspecified atom stereocenters. The lowest BCUT2D eigenvalue weighted by Gasteiger charge is -2.17. The minimum absolute atomic E-state index is 0.101. The number of carbonyl (C=O) groups is 1. The maximum Gasteiger partial charge on any atom is 0.356 e. The molecule has 5 heteroatoms. The van der Waals surface area contributed by atoms with Gasteiger partial charge in [-0.25, -0.2) is 14.8 Å². The molecule has 0 fully saturated rings. The highest BCUT2D eigenvalue weighted by molar-refractivity contribution is 5.87. The van der Waals surface area contributed by atoms with Gasteiger partial charge in [0.05, 0.1) is 13.2 Å². The van der Waals surface area contributed by atoms with Gasteiger partial charge in [0.25, 0.3) is 0 Å². The largest absolute Gasteiger partial charge is 0.464 e. The standard InChI is InChI=1S/C14H17N3O2/c1-10(11-6-4-3-5-7-11)16-14-15-9-8-12(17-14)13(18)19-2/h4,6-10H,3,5H2,1-2H3,(H,15,16,17)/t10-/m0/s1. The Morgan fingerprint density at radius 1 is 1.47 bits per heavy atom. The average molecular weight is 259 g/mol. The van der Waals surface area contributed by atoms with Crippen LogP contribution in [0.1, 0.15) is 30.3 Å². The molecule has 19 heavy (non-hydrogen) atoms. The van der Waals surface area contributed by atoms with Gasteiger partial charge in [0, 0.05) is 6.20 Å². The molecule has 5 nitrogen and oxygen atoms in total. The van der Waals surface area contributed by atoms with Gasteiger partial charge < -0.3 is 10.1 Å². The maximum absolute atomic E-state index is 11.4. The van der Waals surface area contributed by atoms with E-state index >= 15 is 0 Å². The summed E-state index contributed by atoms with van der Waals surface area (Å²) in [6.07, 6.45) is 10.1. The third-order valence-corrected chi connectivity index (χ3v) is 2.92. The molecular formula is C14H17N3O2. The Morgan fingerprint density at radius 2 is 2.32 bits per heavy atom. The van der Waals surface area contributed by atoms with Crippen LogP contribution in [0.4, 0.5) is 5.95 Å². The van der Waals surface area contributed by atoms with Gasteiger partial charge >= 0.3 is 5.97 Å². The van der Waals surface area contributed by atoms with E-state index in [1.807, 2.05) is 6.92 Å². The van der Waals surface area contributed by atoms with Gasteiger partial charge in [0.1, 0.15) is 0 Å². The summed E-state index contributed by atoms with van der Waals surface area (Å²) in [4.78, 5) is 19.6. The Morgan fingerprint density at radius 3 is 3.00 bits per heavy atom. The molecule has 1 atom stereocenters. The van der Waals surface area contributed by atoms with Crippen LogP contribution >= 0.6 is 0 Å². The van der Waals surface area contributed by atoms with E-state index in [9.17, 15) is 4.79 Å². The summed E-state index contributed by atoms with van der Waals surface area (Å²) in [7, 11) is 1.33. The highest BCUT2D eigenvalue weighted by Gasteiger charge is 2.12. The fourth-order valence-corrected chi connectivity index (χ4v) is 1.88. The van der Waals surface area contributed by atoms with Crippen molar-refractivity contribution in [1.82, 2.24) is 9.97 Å². The monoisotopic (exact) mass is 259 g/mol. The number of nitrogens with zero attached hydrogens (tertiary/aromatic N) is 2. The molecule has 100 valence electrons. The van der Waals surface area contributed by atoms with Crippen molar-refractivity contribution in [1.29, 1.82) is 0 Å². The van der Waals surface area contributed by atoms with Crippen LogP contribution in [0.5, 0.6) is 0 Å². The van der Waals surface area contributed by atoms with Gasteiger partial charge in [-0.05, 0) is 31.4 Å². The lowest BCUT2D eigenvalue weighted by Crippen LogP contribution is -2.20. The summed E-state index contributed by atoms with van der Waals surface area (Å²) < 4.78 is 4.63. The van der Waals surface area contributed by atoms with Gasteiger partial charge in [0.2, 0.25) is 5.95 Å². The van der Waals surface area contributed by atoms with Crippen LogP contribution in [-0.2, 0) is 4.74 Å². The summed E-state index contributed by atoms with van der Waals surface area (Å²) in [5, 5.41) is 3.18. The van der Waals surface area contributed by atoms with Crippen molar-refractivity contribution in [3.05, 3.63) is 41.8 Å². The third-order valence-electron chi connectivity index (χ3n) is 2.92. The Labute approximate surface area is 112 Å². The molecular weight excluding hydrogens is 242 g/mol. The van der Waals surface area contributed by atoms with Crippen molar-refractivity contribution in [2.24, 2.45) is 0 Å². The molecule has 1 aliphatic rings. The average Bonchev–Trinajstić information content (AvgIpc) is 2.47. The SMILES string of the molecule is COC(=O)c1ccnc(N[C@@H](C)C2=CCCC=C2)n1. The van der Waals surface area contributed by atoms with Crippen molar-refractivity contribution in [3.8, 4) is 0 Å². The summed E-state index contributed by atoms with van der Waals surface area (Å²) in [5.74, 6) is -0.0369. The van der Waals surface area contributed by atoms with Crippen LogP contribution < -0.4 is 5.32 Å². The molecule has 1 aromatic rings. The minimum atomic E-state index is -0.463. The number of rotatable bonds is 4. The maximum atomic E-state index is 11.4. The highest BCUT2D eigenvalue weighted by atomic mass is 16.5. The van der Waals surface area contributed by atoms with Gasteiger partial charge in [-0.1, -0.05) is 18.2 Å². The number of anilines is 1. The van der Waals surface area contributed by atoms with Gasteiger partial charge in [-0.2, -0.15) is 0 Å². The highest BCUT2D eigenvalue weighted by Crippen LogP contribution is 2.15. The number of esters is 1. The molecule has 0 saturated carbocycles. The van der Waals surface area contributed by atoms with E-state index < -0.39 is 5.97 Å². The van der Waals surface area contributed by atoms with Crippen molar-refractivity contribution in [3.63, 3.8) is 0 Å². The zero-order valence-electron chi connectivity index (χ0n) is 11.1. The Hall–Kier alpha value is -2.17. The molecule has 0 bridgehead atoms. The number of allylic oxidation sites excluding steroid dienone is 2. The van der Waals surface area contributed by atoms with Gasteiger partial charge in [-0.3, -0.25) is 0 Å². The van der Waals surface area contributed by atoms with Gasteiger partial charge in [0.15, 0.2) is 5.69 Å². The number of hydrogen-bond acceptors (Lipinski definition) is 5. The minimum Gasteiger partial charge on any atom is -0.464 e. The van der Waals surface area contributed by atoms with Crippen molar-refractivity contribution in [2.45, 2.75) is 25.8 Å². The predicted octanol–water partition coefficient (Wildman–Crippen LogP) is 2.34. The van der Waals surface area contributed by atoms with E-state index in [0.717, 1.165) is 12.8 Å². The molecule has 1 aliphatic carbocycles. The Balaban J connectivity index is 2.08. The lowest BCUT2D eigenvalue weighted by atomic mass is 10.0. The topological polar surface area (TPSA) is 64.1 Å². The lowest BCUT2D eigenvalue weighted by molar-refractivity contribution is 0.0594. The van der Waals surface area contributed by atoms with E-state index in [2.05, 4.69) is 38.2 Å². The van der Waals surface area contributed by atoms with Crippen molar-refractivity contribution in [2.75, 3.05) is 12.4 Å². The number of carbonyl (C=O) groups excluding carboxylic acids is 1. The molecule has 0 saturated heterocycles. The first-order chi connectivity index (χ1) is 9.20. The zero-order chi connectivity index (χ0) is 13.7. The van der Waals surface area contributed by atoms with E-state index in [0.29, 0.717) is 5.95 Å². The molecule has 2 rings (SSSR count). The molecule has 1 aromatic heterocycles. The number of aromatic nitrogens is 2. The van der Waals surface area contributed by atoms with Crippen LogP contribution in [-0.4, -0.2) is 29.1 Å². The van der Waals surface area contributed by atoms with E-state index in [1.54, 1.807) is 6.20 Å². The summed E-state index contributed by atoms with van der Waals surface area (Å²) >= 11 is 0. The molecule has 1 heterocycles. The smallest absolute Gasteiger partial charge is 0.356 e. The first kappa shape index (κ1) is 13.3. The third kappa shape index (κ3) is 3.40. The fourth-order valence-electron chi connectivity index (χ4n) is 1.88. The first-order valence-corrected chi connectivity index (χ1v) is 6.25. The van der Waals surface area contributed by atoms with E-state index in [-0.39, 0.29) is 11.7 Å². The number of methoxy groups -OCH3 is 1. The van der Waals surface area contributed by atoms with Crippen molar-refractivity contribution >= 4 is 11.9 Å². The van der Waals surface area contributed by atoms with E-state index in [1.165, 1.54) is 18.7 Å². The normalized spacial score (nSPS) is 15.6. The fraction of sp³-hybridized carbons (Fsp3) is 0.357. The Kier molecular flexibility index (Phi) is 4.28. The zero-order valence-corrected chi connectivity index (χ0v) is 11.1. The van der Waals surface area contributed by atoms with Crippen LogP contribution in [0.2, 0.25) is 0 Å². The van der Waals surface area contributed by atoms with Gasteiger partial charge in [-0.15, -0.1) is 0 Å². The number of nitrogens with one attached hydrogen (secondary N) is 1. The molecule has 0 aliphatic heterocycles. The molecule has 1 N–H and O–H groups in total. The van der Waals surface area contributed by atoms with Crippen LogP contribution in [0.25, 0.3) is 0 Å². The van der Waals surface area contributed by atoms with Crippen LogP contribution in [0.3, 0.4) is 0 Å². The van der Waals surface area contributed by atoms with Crippen LogP contribution in [0, 0.1) is 0 Å². The van der Waals surface area contributed by atoms with Crippen molar-refractivity contribution < 1.29 is 9.53 Å². The molecule has 0 amide bonds. The number of ether oxygens (including phenoxy) is 1.